The first-order valence-corrected chi connectivity index (χ1v) is 10.7. The lowest BCUT2D eigenvalue weighted by molar-refractivity contribution is -0.131. The van der Waals surface area contributed by atoms with Crippen molar-refractivity contribution in [1.82, 2.24) is 0 Å². The highest BCUT2D eigenvalue weighted by molar-refractivity contribution is 5.85. The number of fused-ring (bicyclic) bond motifs is 2. The second-order valence-corrected chi connectivity index (χ2v) is 9.54. The molecule has 0 amide bonds. The van der Waals surface area contributed by atoms with E-state index in [1.807, 2.05) is 36.4 Å². The van der Waals surface area contributed by atoms with Crippen LogP contribution >= 0.6 is 0 Å². The van der Waals surface area contributed by atoms with Crippen LogP contribution in [-0.2, 0) is 10.2 Å². The Bertz CT molecular complexity index is 907. The summed E-state index contributed by atoms with van der Waals surface area (Å²) < 4.78 is 0. The van der Waals surface area contributed by atoms with Gasteiger partial charge in [-0.1, -0.05) is 44.2 Å². The highest BCUT2D eigenvalue weighted by Gasteiger charge is 2.42. The molecule has 2 atom stereocenters. The number of aliphatic carboxylic acids is 1. The average Bonchev–Trinajstić information content (AvgIpc) is 2.66. The molecule has 0 heterocycles. The topological polar surface area (TPSA) is 57.5 Å². The molecule has 3 heteroatoms. The molecule has 2 N–H and O–H groups in total. The van der Waals surface area contributed by atoms with Gasteiger partial charge in [-0.15, -0.1) is 0 Å². The monoisotopic (exact) mass is 390 g/mol. The normalized spacial score (nSPS) is 29.1. The lowest BCUT2D eigenvalue weighted by atomic mass is 9.57. The molecule has 0 spiro atoms. The molecule has 2 bridgehead atoms. The lowest BCUT2D eigenvalue weighted by Gasteiger charge is -2.47. The Morgan fingerprint density at radius 2 is 1.62 bits per heavy atom. The minimum atomic E-state index is -0.947. The third-order valence-corrected chi connectivity index (χ3v) is 6.93. The molecule has 2 unspecified atom stereocenters. The standard InChI is InChI=1S/C26H30O3/c1-17-11-19-13-20(12-17)16-26(2,15-19)23-14-22(8-9-24(23)27)21-6-3-18(4-7-21)5-10-25(28)29/h3-10,14,17,19-20,27H,11-13,15-16H2,1-2H3,(H,28,29)/b10-5+. The van der Waals surface area contributed by atoms with E-state index in [0.717, 1.165) is 58.9 Å². The van der Waals surface area contributed by atoms with Crippen LogP contribution in [0.5, 0.6) is 5.75 Å². The molecule has 0 radical (unpaired) electrons. The molecule has 2 aromatic rings. The van der Waals surface area contributed by atoms with Crippen molar-refractivity contribution in [2.45, 2.75) is 51.4 Å². The van der Waals surface area contributed by atoms with Gasteiger partial charge in [0.1, 0.15) is 5.75 Å². The molecule has 2 fully saturated rings. The van der Waals surface area contributed by atoms with Crippen molar-refractivity contribution in [2.75, 3.05) is 0 Å². The summed E-state index contributed by atoms with van der Waals surface area (Å²) in [4.78, 5) is 10.7. The Hall–Kier alpha value is -2.55. The first kappa shape index (κ1) is 19.8. The summed E-state index contributed by atoms with van der Waals surface area (Å²) in [5, 5.41) is 19.5. The van der Waals surface area contributed by atoms with Crippen LogP contribution in [0.15, 0.2) is 48.5 Å². The summed E-state index contributed by atoms with van der Waals surface area (Å²) in [6.45, 7) is 4.72. The number of carboxylic acid groups (broad SMARTS) is 1. The Balaban J connectivity index is 1.62. The van der Waals surface area contributed by atoms with E-state index in [1.54, 1.807) is 6.08 Å². The van der Waals surface area contributed by atoms with Crippen LogP contribution in [0.4, 0.5) is 0 Å². The third-order valence-electron chi connectivity index (χ3n) is 6.93. The second kappa shape index (κ2) is 7.70. The molecule has 2 saturated carbocycles. The van der Waals surface area contributed by atoms with Gasteiger partial charge >= 0.3 is 5.97 Å². The van der Waals surface area contributed by atoms with Crippen LogP contribution in [0.3, 0.4) is 0 Å². The van der Waals surface area contributed by atoms with E-state index < -0.39 is 5.97 Å². The largest absolute Gasteiger partial charge is 0.508 e. The maximum atomic E-state index is 10.7. The van der Waals surface area contributed by atoms with Gasteiger partial charge in [0.2, 0.25) is 0 Å². The fourth-order valence-corrected chi connectivity index (χ4v) is 5.96. The van der Waals surface area contributed by atoms with Crippen molar-refractivity contribution in [1.29, 1.82) is 0 Å². The number of benzene rings is 2. The molecular formula is C26H30O3. The van der Waals surface area contributed by atoms with Gasteiger partial charge in [0.05, 0.1) is 0 Å². The van der Waals surface area contributed by atoms with Crippen LogP contribution < -0.4 is 0 Å². The van der Waals surface area contributed by atoms with Gasteiger partial charge in [-0.3, -0.25) is 0 Å². The molecule has 2 aromatic carbocycles. The number of carbonyl (C=O) groups is 1. The van der Waals surface area contributed by atoms with Crippen molar-refractivity contribution in [3.8, 4) is 16.9 Å². The first-order valence-electron chi connectivity index (χ1n) is 10.7. The Labute approximate surface area is 173 Å². The van der Waals surface area contributed by atoms with Crippen LogP contribution in [0.25, 0.3) is 17.2 Å². The minimum Gasteiger partial charge on any atom is -0.508 e. The van der Waals surface area contributed by atoms with E-state index in [0.29, 0.717) is 5.75 Å². The fourth-order valence-electron chi connectivity index (χ4n) is 5.96. The molecule has 2 aliphatic carbocycles. The van der Waals surface area contributed by atoms with Crippen molar-refractivity contribution < 1.29 is 15.0 Å². The van der Waals surface area contributed by atoms with E-state index in [1.165, 1.54) is 19.3 Å². The molecule has 0 saturated heterocycles. The second-order valence-electron chi connectivity index (χ2n) is 9.54. The summed E-state index contributed by atoms with van der Waals surface area (Å²) in [6.07, 6.45) is 9.04. The minimum absolute atomic E-state index is 0.0258. The van der Waals surface area contributed by atoms with Gasteiger partial charge in [-0.2, -0.15) is 0 Å². The van der Waals surface area contributed by atoms with Crippen molar-refractivity contribution in [3.05, 3.63) is 59.7 Å². The number of phenolic OH excluding ortho intramolecular Hbond substituents is 1. The highest BCUT2D eigenvalue weighted by Crippen LogP contribution is 2.53. The fraction of sp³-hybridized carbons (Fsp3) is 0.423. The Morgan fingerprint density at radius 3 is 2.24 bits per heavy atom. The SMILES string of the molecule is CC1CC2CC(C1)CC(C)(c1cc(-c3ccc(/C=C/C(=O)O)cc3)ccc1O)C2. The van der Waals surface area contributed by atoms with Crippen LogP contribution in [0.2, 0.25) is 0 Å². The quantitative estimate of drug-likeness (QED) is 0.606. The van der Waals surface area contributed by atoms with E-state index >= 15 is 0 Å². The average molecular weight is 391 g/mol. The molecular weight excluding hydrogens is 360 g/mol. The van der Waals surface area contributed by atoms with Crippen molar-refractivity contribution in [3.63, 3.8) is 0 Å². The van der Waals surface area contributed by atoms with Gasteiger partial charge in [0.15, 0.2) is 0 Å². The number of phenols is 1. The molecule has 4 rings (SSSR count). The molecule has 152 valence electrons. The van der Waals surface area contributed by atoms with E-state index in [4.69, 9.17) is 5.11 Å². The van der Waals surface area contributed by atoms with E-state index in [2.05, 4.69) is 19.9 Å². The van der Waals surface area contributed by atoms with Crippen molar-refractivity contribution >= 4 is 12.0 Å². The van der Waals surface area contributed by atoms with Crippen LogP contribution in [0.1, 0.15) is 57.1 Å². The zero-order chi connectivity index (χ0) is 20.6. The van der Waals surface area contributed by atoms with Crippen LogP contribution in [0, 0.1) is 17.8 Å². The van der Waals surface area contributed by atoms with Crippen molar-refractivity contribution in [2.24, 2.45) is 17.8 Å². The Kier molecular flexibility index (Phi) is 5.24. The number of aromatic hydroxyl groups is 1. The maximum Gasteiger partial charge on any atom is 0.328 e. The molecule has 2 aliphatic rings. The number of rotatable bonds is 4. The van der Waals surface area contributed by atoms with Crippen LogP contribution in [-0.4, -0.2) is 16.2 Å². The van der Waals surface area contributed by atoms with E-state index in [-0.39, 0.29) is 5.41 Å². The summed E-state index contributed by atoms with van der Waals surface area (Å²) in [7, 11) is 0. The van der Waals surface area contributed by atoms with E-state index in [9.17, 15) is 9.90 Å². The predicted molar refractivity (Wildman–Crippen MR) is 117 cm³/mol. The number of hydrogen-bond acceptors (Lipinski definition) is 2. The van der Waals surface area contributed by atoms with Gasteiger partial charge in [0, 0.05) is 11.6 Å². The van der Waals surface area contributed by atoms with Gasteiger partial charge in [0.25, 0.3) is 0 Å². The predicted octanol–water partition coefficient (Wildman–Crippen LogP) is 6.26. The molecule has 3 nitrogen and oxygen atoms in total. The molecule has 0 aliphatic heterocycles. The summed E-state index contributed by atoms with van der Waals surface area (Å²) in [5.41, 5.74) is 4.13. The maximum absolute atomic E-state index is 10.7. The van der Waals surface area contributed by atoms with Gasteiger partial charge in [-0.05, 0) is 90.2 Å². The number of carboxylic acids is 1. The molecule has 0 aromatic heterocycles. The van der Waals surface area contributed by atoms with Gasteiger partial charge < -0.3 is 10.2 Å². The zero-order valence-corrected chi connectivity index (χ0v) is 17.3. The summed E-state index contributed by atoms with van der Waals surface area (Å²) in [6, 6.07) is 13.8. The molecule has 29 heavy (non-hydrogen) atoms. The summed E-state index contributed by atoms with van der Waals surface area (Å²) in [5.74, 6) is 1.83. The first-order chi connectivity index (χ1) is 13.8. The zero-order valence-electron chi connectivity index (χ0n) is 17.3. The Morgan fingerprint density at radius 1 is 1.00 bits per heavy atom. The highest BCUT2D eigenvalue weighted by atomic mass is 16.4. The summed E-state index contributed by atoms with van der Waals surface area (Å²) >= 11 is 0. The van der Waals surface area contributed by atoms with Gasteiger partial charge in [-0.25, -0.2) is 4.79 Å². The smallest absolute Gasteiger partial charge is 0.328 e. The lowest BCUT2D eigenvalue weighted by Crippen LogP contribution is -2.38. The third kappa shape index (κ3) is 4.24. The number of hydrogen-bond donors (Lipinski definition) is 2.